The van der Waals surface area contributed by atoms with Crippen LogP contribution in [0.15, 0.2) is 24.3 Å². The molecule has 0 aromatic heterocycles. The summed E-state index contributed by atoms with van der Waals surface area (Å²) in [5, 5.41) is 18.2. The van der Waals surface area contributed by atoms with Crippen LogP contribution in [0.1, 0.15) is 6.42 Å². The lowest BCUT2D eigenvalue weighted by Crippen LogP contribution is -2.45. The SMILES string of the molecule is CN1CCN(CCC(=O)Nc2ccccc2Cl)CC1.O=C(O)C(=O)O. The van der Waals surface area contributed by atoms with Gasteiger partial charge in [0.05, 0.1) is 10.7 Å². The molecule has 25 heavy (non-hydrogen) atoms. The number of halogens is 1. The topological polar surface area (TPSA) is 110 Å². The Balaban J connectivity index is 0.000000450. The zero-order valence-electron chi connectivity index (χ0n) is 13.9. The Kier molecular flexibility index (Phi) is 8.90. The molecule has 0 radical (unpaired) electrons. The summed E-state index contributed by atoms with van der Waals surface area (Å²) >= 11 is 6.00. The van der Waals surface area contributed by atoms with E-state index in [0.29, 0.717) is 17.1 Å². The number of aliphatic carboxylic acids is 2. The van der Waals surface area contributed by atoms with Crippen LogP contribution in [0.5, 0.6) is 0 Å². The van der Waals surface area contributed by atoms with Crippen LogP contribution in [0.4, 0.5) is 5.69 Å². The Morgan fingerprint density at radius 3 is 2.16 bits per heavy atom. The number of carbonyl (C=O) groups is 3. The monoisotopic (exact) mass is 371 g/mol. The van der Waals surface area contributed by atoms with Gasteiger partial charge in [0, 0.05) is 39.1 Å². The molecule has 1 amide bonds. The number of hydrogen-bond acceptors (Lipinski definition) is 5. The van der Waals surface area contributed by atoms with E-state index in [1.54, 1.807) is 6.07 Å². The number of hydrogen-bond donors (Lipinski definition) is 3. The normalized spacial score (nSPS) is 15.0. The fourth-order valence-corrected chi connectivity index (χ4v) is 2.29. The number of nitrogens with one attached hydrogen (secondary N) is 1. The van der Waals surface area contributed by atoms with Crippen molar-refractivity contribution in [1.29, 1.82) is 0 Å². The van der Waals surface area contributed by atoms with Gasteiger partial charge in [-0.2, -0.15) is 0 Å². The molecule has 8 nitrogen and oxygen atoms in total. The summed E-state index contributed by atoms with van der Waals surface area (Å²) in [6.45, 7) is 5.04. The molecule has 1 aromatic rings. The van der Waals surface area contributed by atoms with E-state index in [0.717, 1.165) is 32.7 Å². The van der Waals surface area contributed by atoms with Crippen molar-refractivity contribution < 1.29 is 24.6 Å². The summed E-state index contributed by atoms with van der Waals surface area (Å²) in [5.41, 5.74) is 0.688. The lowest BCUT2D eigenvalue weighted by Gasteiger charge is -2.32. The molecule has 0 unspecified atom stereocenters. The van der Waals surface area contributed by atoms with Crippen molar-refractivity contribution >= 4 is 35.1 Å². The molecule has 2 rings (SSSR count). The highest BCUT2D eigenvalue weighted by Crippen LogP contribution is 2.20. The summed E-state index contributed by atoms with van der Waals surface area (Å²) in [4.78, 5) is 34.7. The number of carboxylic acids is 2. The van der Waals surface area contributed by atoms with Gasteiger partial charge in [0.2, 0.25) is 5.91 Å². The summed E-state index contributed by atoms with van der Waals surface area (Å²) in [6.07, 6.45) is 0.509. The maximum Gasteiger partial charge on any atom is 0.414 e. The average Bonchev–Trinajstić information content (AvgIpc) is 2.57. The molecule has 138 valence electrons. The molecule has 0 saturated carbocycles. The van der Waals surface area contributed by atoms with Gasteiger partial charge in [0.15, 0.2) is 0 Å². The van der Waals surface area contributed by atoms with Crippen molar-refractivity contribution in [2.24, 2.45) is 0 Å². The minimum atomic E-state index is -1.82. The molecule has 0 aliphatic carbocycles. The number of carboxylic acid groups (broad SMARTS) is 2. The molecule has 0 atom stereocenters. The summed E-state index contributed by atoms with van der Waals surface area (Å²) in [7, 11) is 2.13. The molecule has 1 heterocycles. The molecule has 3 N–H and O–H groups in total. The van der Waals surface area contributed by atoms with Crippen LogP contribution in [0.3, 0.4) is 0 Å². The highest BCUT2D eigenvalue weighted by atomic mass is 35.5. The fourth-order valence-electron chi connectivity index (χ4n) is 2.11. The van der Waals surface area contributed by atoms with E-state index in [1.165, 1.54) is 0 Å². The largest absolute Gasteiger partial charge is 0.473 e. The third-order valence-electron chi connectivity index (χ3n) is 3.58. The Morgan fingerprint density at radius 2 is 1.64 bits per heavy atom. The number of benzene rings is 1. The average molecular weight is 372 g/mol. The summed E-state index contributed by atoms with van der Waals surface area (Å²) in [5.74, 6) is -3.63. The third kappa shape index (κ3) is 8.48. The predicted octanol–water partition coefficient (Wildman–Crippen LogP) is 1.07. The maximum absolute atomic E-state index is 11.9. The van der Waals surface area contributed by atoms with Gasteiger partial charge in [-0.1, -0.05) is 23.7 Å². The van der Waals surface area contributed by atoms with Gasteiger partial charge in [-0.05, 0) is 19.2 Å². The van der Waals surface area contributed by atoms with Crippen molar-refractivity contribution in [1.82, 2.24) is 9.80 Å². The van der Waals surface area contributed by atoms with Crippen LogP contribution in [-0.2, 0) is 14.4 Å². The number of nitrogens with zero attached hydrogens (tertiary/aromatic N) is 2. The zero-order chi connectivity index (χ0) is 18.8. The zero-order valence-corrected chi connectivity index (χ0v) is 14.7. The Labute approximate surface area is 151 Å². The predicted molar refractivity (Wildman–Crippen MR) is 93.9 cm³/mol. The molecule has 0 bridgehead atoms. The lowest BCUT2D eigenvalue weighted by molar-refractivity contribution is -0.159. The second kappa shape index (κ2) is 10.7. The van der Waals surface area contributed by atoms with E-state index in [4.69, 9.17) is 31.4 Å². The van der Waals surface area contributed by atoms with Crippen molar-refractivity contribution in [3.63, 3.8) is 0 Å². The van der Waals surface area contributed by atoms with Crippen LogP contribution < -0.4 is 5.32 Å². The number of likely N-dealkylation sites (N-methyl/N-ethyl adjacent to an activating group) is 1. The van der Waals surface area contributed by atoms with Crippen molar-refractivity contribution in [2.75, 3.05) is 45.1 Å². The molecule has 1 aromatic carbocycles. The second-order valence-corrected chi connectivity index (χ2v) is 5.94. The molecule has 1 fully saturated rings. The van der Waals surface area contributed by atoms with E-state index in [9.17, 15) is 4.79 Å². The van der Waals surface area contributed by atoms with Crippen molar-refractivity contribution in [2.45, 2.75) is 6.42 Å². The molecular formula is C16H22ClN3O5. The summed E-state index contributed by atoms with van der Waals surface area (Å²) < 4.78 is 0. The molecule has 1 aliphatic rings. The fraction of sp³-hybridized carbons (Fsp3) is 0.438. The molecule has 9 heteroatoms. The quantitative estimate of drug-likeness (QED) is 0.679. The first kappa shape index (κ1) is 20.9. The minimum absolute atomic E-state index is 0.0204. The van der Waals surface area contributed by atoms with Gasteiger partial charge >= 0.3 is 11.9 Å². The molecule has 1 saturated heterocycles. The first-order valence-corrected chi connectivity index (χ1v) is 8.09. The van der Waals surface area contributed by atoms with Gasteiger partial charge < -0.3 is 25.3 Å². The highest BCUT2D eigenvalue weighted by Gasteiger charge is 2.14. The number of anilines is 1. The lowest BCUT2D eigenvalue weighted by atomic mass is 10.2. The van der Waals surface area contributed by atoms with Crippen molar-refractivity contribution in [3.8, 4) is 0 Å². The third-order valence-corrected chi connectivity index (χ3v) is 3.91. The number of piperazine rings is 1. The van der Waals surface area contributed by atoms with Crippen LogP contribution in [0.2, 0.25) is 5.02 Å². The Bertz CT molecular complexity index is 591. The number of para-hydroxylation sites is 1. The van der Waals surface area contributed by atoms with Crippen LogP contribution in [0.25, 0.3) is 0 Å². The highest BCUT2D eigenvalue weighted by molar-refractivity contribution is 6.33. The van der Waals surface area contributed by atoms with E-state index >= 15 is 0 Å². The number of carbonyl (C=O) groups excluding carboxylic acids is 1. The van der Waals surface area contributed by atoms with Gasteiger partial charge in [0.25, 0.3) is 0 Å². The smallest absolute Gasteiger partial charge is 0.414 e. The van der Waals surface area contributed by atoms with Crippen LogP contribution in [-0.4, -0.2) is 77.6 Å². The molecular weight excluding hydrogens is 350 g/mol. The number of amides is 1. The summed E-state index contributed by atoms with van der Waals surface area (Å²) in [6, 6.07) is 7.30. The van der Waals surface area contributed by atoms with Gasteiger partial charge in [-0.3, -0.25) is 4.79 Å². The van der Waals surface area contributed by atoms with Gasteiger partial charge in [0.1, 0.15) is 0 Å². The van der Waals surface area contributed by atoms with Crippen molar-refractivity contribution in [3.05, 3.63) is 29.3 Å². The Hall–Kier alpha value is -2.16. The molecule has 1 aliphatic heterocycles. The van der Waals surface area contributed by atoms with Crippen LogP contribution >= 0.6 is 11.6 Å². The van der Waals surface area contributed by atoms with Gasteiger partial charge in [-0.25, -0.2) is 9.59 Å². The number of rotatable bonds is 4. The van der Waals surface area contributed by atoms with E-state index in [-0.39, 0.29) is 5.91 Å². The molecule has 0 spiro atoms. The second-order valence-electron chi connectivity index (χ2n) is 5.53. The van der Waals surface area contributed by atoms with E-state index in [2.05, 4.69) is 22.2 Å². The minimum Gasteiger partial charge on any atom is -0.473 e. The van der Waals surface area contributed by atoms with E-state index < -0.39 is 11.9 Å². The Morgan fingerprint density at radius 1 is 1.08 bits per heavy atom. The first-order valence-electron chi connectivity index (χ1n) is 7.71. The van der Waals surface area contributed by atoms with E-state index in [1.807, 2.05) is 18.2 Å². The first-order chi connectivity index (χ1) is 11.8. The van der Waals surface area contributed by atoms with Gasteiger partial charge in [-0.15, -0.1) is 0 Å². The standard InChI is InChI=1S/C14H20ClN3O.C2H2O4/c1-17-8-10-18(11-9-17)7-6-14(19)16-13-5-3-2-4-12(13)15;3-1(4)2(5)6/h2-5H,6-11H2,1H3,(H,16,19);(H,3,4)(H,5,6). The van der Waals surface area contributed by atoms with Crippen LogP contribution in [0, 0.1) is 0 Å². The maximum atomic E-state index is 11.9.